The van der Waals surface area contributed by atoms with Gasteiger partial charge in [0, 0.05) is 5.69 Å². The van der Waals surface area contributed by atoms with Crippen LogP contribution in [0.1, 0.15) is 11.1 Å². The Bertz CT molecular complexity index is 869. The summed E-state index contributed by atoms with van der Waals surface area (Å²) in [4.78, 5) is 0. The summed E-state index contributed by atoms with van der Waals surface area (Å²) in [5.41, 5.74) is 7.75. The Morgan fingerprint density at radius 1 is 0.800 bits per heavy atom. The molecule has 0 fully saturated rings. The van der Waals surface area contributed by atoms with Crippen LogP contribution < -0.4 is 10.5 Å². The van der Waals surface area contributed by atoms with E-state index in [1.165, 1.54) is 12.1 Å². The summed E-state index contributed by atoms with van der Waals surface area (Å²) in [7, 11) is 0. The minimum absolute atomic E-state index is 0.0365. The monoisotopic (exact) mass is 343 g/mol. The van der Waals surface area contributed by atoms with Gasteiger partial charge in [0.25, 0.3) is 0 Å². The molecule has 0 atom stereocenters. The third kappa shape index (κ3) is 3.94. The second-order valence-electron chi connectivity index (χ2n) is 5.75. The molecule has 0 amide bonds. The number of hydrogen-bond donors (Lipinski definition) is 1. The predicted molar refractivity (Wildman–Crippen MR) is 92.5 cm³/mol. The van der Waals surface area contributed by atoms with E-state index >= 15 is 0 Å². The fraction of sp³-hybridized carbons (Fsp3) is 0.100. The van der Waals surface area contributed by atoms with Gasteiger partial charge in [0.1, 0.15) is 17.1 Å². The number of aryl methyl sites for hydroxylation is 1. The highest BCUT2D eigenvalue weighted by Gasteiger charge is 2.34. The Morgan fingerprint density at radius 2 is 1.36 bits per heavy atom. The van der Waals surface area contributed by atoms with Crippen molar-refractivity contribution in [1.82, 2.24) is 0 Å². The van der Waals surface area contributed by atoms with Crippen molar-refractivity contribution in [1.29, 1.82) is 0 Å². The predicted octanol–water partition coefficient (Wildman–Crippen LogP) is 6.06. The summed E-state index contributed by atoms with van der Waals surface area (Å²) in [6, 6.07) is 18.4. The summed E-state index contributed by atoms with van der Waals surface area (Å²) >= 11 is 0. The van der Waals surface area contributed by atoms with Crippen LogP contribution in [-0.4, -0.2) is 0 Å². The van der Waals surface area contributed by atoms with Gasteiger partial charge in [0.15, 0.2) is 0 Å². The SMILES string of the molecule is Cc1ccc(-c2ccc(Oc3ccc(N)cc3C(F)(F)F)cc2)cc1. The van der Waals surface area contributed by atoms with Crippen LogP contribution in [0.4, 0.5) is 18.9 Å². The van der Waals surface area contributed by atoms with Gasteiger partial charge in [-0.2, -0.15) is 13.2 Å². The smallest absolute Gasteiger partial charge is 0.420 e. The van der Waals surface area contributed by atoms with E-state index in [1.54, 1.807) is 12.1 Å². The number of rotatable bonds is 3. The molecule has 0 heterocycles. The number of benzene rings is 3. The van der Waals surface area contributed by atoms with Gasteiger partial charge in [-0.15, -0.1) is 0 Å². The van der Waals surface area contributed by atoms with E-state index < -0.39 is 11.7 Å². The topological polar surface area (TPSA) is 35.2 Å². The zero-order valence-electron chi connectivity index (χ0n) is 13.5. The molecule has 2 nitrogen and oxygen atoms in total. The van der Waals surface area contributed by atoms with E-state index in [9.17, 15) is 13.2 Å². The number of nitrogens with two attached hydrogens (primary N) is 1. The number of ether oxygens (including phenoxy) is 1. The van der Waals surface area contributed by atoms with E-state index in [1.807, 2.05) is 43.3 Å². The second kappa shape index (κ2) is 6.51. The normalized spacial score (nSPS) is 11.4. The van der Waals surface area contributed by atoms with Crippen LogP contribution in [0.5, 0.6) is 11.5 Å². The largest absolute Gasteiger partial charge is 0.457 e. The van der Waals surface area contributed by atoms with Gasteiger partial charge in [0.2, 0.25) is 0 Å². The highest BCUT2D eigenvalue weighted by molar-refractivity contribution is 5.64. The maximum absolute atomic E-state index is 13.1. The molecule has 0 aliphatic heterocycles. The lowest BCUT2D eigenvalue weighted by molar-refractivity contribution is -0.138. The minimum Gasteiger partial charge on any atom is -0.457 e. The van der Waals surface area contributed by atoms with Crippen molar-refractivity contribution in [3.05, 3.63) is 77.9 Å². The standard InChI is InChI=1S/C20H16F3NO/c1-13-2-4-14(5-3-13)15-6-9-17(10-7-15)25-19-11-8-16(24)12-18(19)20(21,22)23/h2-12H,24H2,1H3. The first kappa shape index (κ1) is 16.9. The summed E-state index contributed by atoms with van der Waals surface area (Å²) in [6.45, 7) is 2.01. The molecule has 0 aromatic heterocycles. The Kier molecular flexibility index (Phi) is 4.40. The van der Waals surface area contributed by atoms with Gasteiger partial charge in [0.05, 0.1) is 0 Å². The molecule has 0 saturated heterocycles. The molecular weight excluding hydrogens is 327 g/mol. The van der Waals surface area contributed by atoms with Gasteiger partial charge >= 0.3 is 6.18 Å². The Morgan fingerprint density at radius 3 is 1.92 bits per heavy atom. The van der Waals surface area contributed by atoms with Crippen molar-refractivity contribution in [3.63, 3.8) is 0 Å². The Hall–Kier alpha value is -2.95. The van der Waals surface area contributed by atoms with Crippen molar-refractivity contribution in [2.24, 2.45) is 0 Å². The van der Waals surface area contributed by atoms with Crippen LogP contribution >= 0.6 is 0 Å². The van der Waals surface area contributed by atoms with E-state index in [0.717, 1.165) is 22.8 Å². The van der Waals surface area contributed by atoms with E-state index in [4.69, 9.17) is 10.5 Å². The average molecular weight is 343 g/mol. The lowest BCUT2D eigenvalue weighted by Gasteiger charge is -2.14. The maximum Gasteiger partial charge on any atom is 0.420 e. The number of hydrogen-bond acceptors (Lipinski definition) is 2. The van der Waals surface area contributed by atoms with Crippen molar-refractivity contribution < 1.29 is 17.9 Å². The molecule has 3 rings (SSSR count). The molecule has 2 N–H and O–H groups in total. The molecule has 128 valence electrons. The minimum atomic E-state index is -4.54. The summed E-state index contributed by atoms with van der Waals surface area (Å²) < 4.78 is 44.8. The van der Waals surface area contributed by atoms with Crippen molar-refractivity contribution in [2.45, 2.75) is 13.1 Å². The quantitative estimate of drug-likeness (QED) is 0.587. The number of alkyl halides is 3. The third-order valence-corrected chi connectivity index (χ3v) is 3.78. The van der Waals surface area contributed by atoms with Crippen LogP contribution in [0.3, 0.4) is 0 Å². The van der Waals surface area contributed by atoms with Crippen LogP contribution in [0.25, 0.3) is 11.1 Å². The molecule has 0 bridgehead atoms. The van der Waals surface area contributed by atoms with Gasteiger partial charge in [-0.1, -0.05) is 42.0 Å². The number of anilines is 1. The molecule has 0 spiro atoms. The first-order valence-electron chi connectivity index (χ1n) is 7.64. The maximum atomic E-state index is 13.1. The first-order chi connectivity index (χ1) is 11.8. The molecule has 0 aliphatic carbocycles. The van der Waals surface area contributed by atoms with Crippen LogP contribution in [0, 0.1) is 6.92 Å². The van der Waals surface area contributed by atoms with Gasteiger partial charge in [-0.25, -0.2) is 0 Å². The van der Waals surface area contributed by atoms with Gasteiger partial charge in [-0.05, 0) is 48.4 Å². The lowest BCUT2D eigenvalue weighted by Crippen LogP contribution is -2.08. The summed E-state index contributed by atoms with van der Waals surface area (Å²) in [6.07, 6.45) is -4.54. The summed E-state index contributed by atoms with van der Waals surface area (Å²) in [5, 5.41) is 0. The molecular formula is C20H16F3NO. The molecule has 0 aliphatic rings. The lowest BCUT2D eigenvalue weighted by atomic mass is 10.0. The molecule has 3 aromatic rings. The molecule has 25 heavy (non-hydrogen) atoms. The number of nitrogen functional groups attached to an aromatic ring is 1. The zero-order valence-corrected chi connectivity index (χ0v) is 13.5. The fourth-order valence-corrected chi connectivity index (χ4v) is 2.45. The van der Waals surface area contributed by atoms with Gasteiger partial charge in [-0.3, -0.25) is 0 Å². The van der Waals surface area contributed by atoms with Crippen molar-refractivity contribution >= 4 is 5.69 Å². The first-order valence-corrected chi connectivity index (χ1v) is 7.64. The second-order valence-corrected chi connectivity index (χ2v) is 5.75. The van der Waals surface area contributed by atoms with E-state index in [-0.39, 0.29) is 11.4 Å². The molecule has 5 heteroatoms. The molecule has 0 radical (unpaired) electrons. The summed E-state index contributed by atoms with van der Waals surface area (Å²) in [5.74, 6) is 0.0518. The van der Waals surface area contributed by atoms with Crippen LogP contribution in [-0.2, 0) is 6.18 Å². The zero-order chi connectivity index (χ0) is 18.0. The highest BCUT2D eigenvalue weighted by atomic mass is 19.4. The molecule has 0 unspecified atom stereocenters. The van der Waals surface area contributed by atoms with Gasteiger partial charge < -0.3 is 10.5 Å². The van der Waals surface area contributed by atoms with Crippen LogP contribution in [0.2, 0.25) is 0 Å². The Labute approximate surface area is 143 Å². The van der Waals surface area contributed by atoms with Crippen molar-refractivity contribution in [2.75, 3.05) is 5.73 Å². The molecule has 3 aromatic carbocycles. The van der Waals surface area contributed by atoms with E-state index in [0.29, 0.717) is 5.75 Å². The molecule has 0 saturated carbocycles. The third-order valence-electron chi connectivity index (χ3n) is 3.78. The van der Waals surface area contributed by atoms with Crippen molar-refractivity contribution in [3.8, 4) is 22.6 Å². The number of halogens is 3. The van der Waals surface area contributed by atoms with Crippen LogP contribution in [0.15, 0.2) is 66.7 Å². The van der Waals surface area contributed by atoms with E-state index in [2.05, 4.69) is 0 Å². The highest BCUT2D eigenvalue weighted by Crippen LogP contribution is 2.39. The average Bonchev–Trinajstić information content (AvgIpc) is 2.57. The Balaban J connectivity index is 1.86. The fourth-order valence-electron chi connectivity index (χ4n) is 2.45.